The van der Waals surface area contributed by atoms with E-state index >= 15 is 0 Å². The molecule has 1 aromatic rings. The quantitative estimate of drug-likeness (QED) is 0.742. The van der Waals surface area contributed by atoms with Crippen molar-refractivity contribution in [3.8, 4) is 0 Å². The maximum Gasteiger partial charge on any atom is 0.326 e. The number of carboxylic acids is 1. The van der Waals surface area contributed by atoms with E-state index in [0.29, 0.717) is 12.0 Å². The van der Waals surface area contributed by atoms with Crippen LogP contribution < -0.4 is 0 Å². The highest BCUT2D eigenvalue weighted by molar-refractivity contribution is 5.77. The summed E-state index contributed by atoms with van der Waals surface area (Å²) in [5.74, 6) is -0.974. The van der Waals surface area contributed by atoms with Crippen LogP contribution in [0.4, 0.5) is 0 Å². The standard InChI is InChI=1S/C10H13NO3/c1-7(2)9(10(13)14)11-5-3-4-8(11)6-12/h3-7,9H,1-2H3,(H,13,14). The Hall–Kier alpha value is -1.58. The molecule has 0 bridgehead atoms. The molecular formula is C10H13NO3. The second kappa shape index (κ2) is 4.09. The van der Waals surface area contributed by atoms with Crippen LogP contribution in [-0.4, -0.2) is 21.9 Å². The van der Waals surface area contributed by atoms with E-state index in [1.54, 1.807) is 18.3 Å². The van der Waals surface area contributed by atoms with E-state index in [9.17, 15) is 9.59 Å². The topological polar surface area (TPSA) is 59.3 Å². The van der Waals surface area contributed by atoms with Crippen LogP contribution in [0.3, 0.4) is 0 Å². The van der Waals surface area contributed by atoms with E-state index in [1.165, 1.54) is 4.57 Å². The number of aliphatic carboxylic acids is 1. The summed E-state index contributed by atoms with van der Waals surface area (Å²) in [6.07, 6.45) is 2.28. The van der Waals surface area contributed by atoms with Crippen molar-refractivity contribution < 1.29 is 14.7 Å². The van der Waals surface area contributed by atoms with Crippen LogP contribution in [0.2, 0.25) is 0 Å². The molecule has 0 aliphatic heterocycles. The maximum atomic E-state index is 11.0. The molecule has 0 fully saturated rings. The Balaban J connectivity index is 3.11. The average Bonchev–Trinajstić information content (AvgIpc) is 2.51. The fraction of sp³-hybridized carbons (Fsp3) is 0.400. The largest absolute Gasteiger partial charge is 0.480 e. The molecule has 0 aliphatic rings. The van der Waals surface area contributed by atoms with Gasteiger partial charge in [-0.2, -0.15) is 0 Å². The fourth-order valence-corrected chi connectivity index (χ4v) is 1.49. The lowest BCUT2D eigenvalue weighted by atomic mass is 10.0. The van der Waals surface area contributed by atoms with Crippen LogP contribution in [0.5, 0.6) is 0 Å². The Labute approximate surface area is 82.2 Å². The van der Waals surface area contributed by atoms with Gasteiger partial charge in [-0.05, 0) is 18.1 Å². The first kappa shape index (κ1) is 10.5. The molecule has 0 aromatic carbocycles. The van der Waals surface area contributed by atoms with Crippen molar-refractivity contribution in [3.05, 3.63) is 24.0 Å². The molecule has 1 heterocycles. The van der Waals surface area contributed by atoms with Gasteiger partial charge in [0.2, 0.25) is 0 Å². The van der Waals surface area contributed by atoms with E-state index < -0.39 is 12.0 Å². The number of rotatable bonds is 4. The molecule has 76 valence electrons. The number of carboxylic acid groups (broad SMARTS) is 1. The summed E-state index contributed by atoms with van der Waals surface area (Å²) in [7, 11) is 0. The lowest BCUT2D eigenvalue weighted by Gasteiger charge is -2.19. The van der Waals surface area contributed by atoms with Gasteiger partial charge in [0.05, 0.1) is 5.69 Å². The number of carbonyl (C=O) groups is 2. The zero-order valence-corrected chi connectivity index (χ0v) is 8.18. The van der Waals surface area contributed by atoms with Crippen molar-refractivity contribution >= 4 is 12.3 Å². The average molecular weight is 195 g/mol. The summed E-state index contributed by atoms with van der Waals surface area (Å²) in [5.41, 5.74) is 0.395. The molecule has 1 aromatic heterocycles. The van der Waals surface area contributed by atoms with E-state index in [-0.39, 0.29) is 5.92 Å². The van der Waals surface area contributed by atoms with E-state index in [1.807, 2.05) is 13.8 Å². The maximum absolute atomic E-state index is 11.0. The molecule has 0 spiro atoms. The summed E-state index contributed by atoms with van der Waals surface area (Å²) < 4.78 is 1.49. The van der Waals surface area contributed by atoms with Gasteiger partial charge < -0.3 is 9.67 Å². The smallest absolute Gasteiger partial charge is 0.326 e. The lowest BCUT2D eigenvalue weighted by Crippen LogP contribution is -2.24. The highest BCUT2D eigenvalue weighted by atomic mass is 16.4. The van der Waals surface area contributed by atoms with Crippen LogP contribution in [0.25, 0.3) is 0 Å². The highest BCUT2D eigenvalue weighted by Gasteiger charge is 2.24. The highest BCUT2D eigenvalue weighted by Crippen LogP contribution is 2.19. The van der Waals surface area contributed by atoms with Gasteiger partial charge in [-0.3, -0.25) is 4.79 Å². The van der Waals surface area contributed by atoms with Crippen molar-refractivity contribution in [1.29, 1.82) is 0 Å². The van der Waals surface area contributed by atoms with Crippen LogP contribution in [0, 0.1) is 5.92 Å². The van der Waals surface area contributed by atoms with Gasteiger partial charge in [-0.15, -0.1) is 0 Å². The first-order valence-electron chi connectivity index (χ1n) is 4.42. The van der Waals surface area contributed by atoms with Crippen LogP contribution in [0.15, 0.2) is 18.3 Å². The van der Waals surface area contributed by atoms with Gasteiger partial charge in [-0.1, -0.05) is 13.8 Å². The summed E-state index contributed by atoms with van der Waals surface area (Å²) in [4.78, 5) is 21.6. The lowest BCUT2D eigenvalue weighted by molar-refractivity contribution is -0.142. The number of hydrogen-bond donors (Lipinski definition) is 1. The normalized spacial score (nSPS) is 12.8. The number of nitrogens with zero attached hydrogens (tertiary/aromatic N) is 1. The molecule has 0 amide bonds. The first-order chi connectivity index (χ1) is 6.57. The second-order valence-corrected chi connectivity index (χ2v) is 3.49. The Bertz CT molecular complexity index is 341. The third-order valence-electron chi connectivity index (χ3n) is 2.12. The van der Waals surface area contributed by atoms with Crippen molar-refractivity contribution in [2.24, 2.45) is 5.92 Å². The third kappa shape index (κ3) is 1.84. The number of hydrogen-bond acceptors (Lipinski definition) is 2. The molecule has 4 heteroatoms. The van der Waals surface area contributed by atoms with E-state index in [2.05, 4.69) is 0 Å². The minimum atomic E-state index is -0.917. The predicted molar refractivity (Wildman–Crippen MR) is 51.3 cm³/mol. The summed E-state index contributed by atoms with van der Waals surface area (Å²) in [6.45, 7) is 3.63. The van der Waals surface area contributed by atoms with Gasteiger partial charge in [-0.25, -0.2) is 4.79 Å². The molecule has 0 saturated heterocycles. The van der Waals surface area contributed by atoms with Gasteiger partial charge >= 0.3 is 5.97 Å². The minimum Gasteiger partial charge on any atom is -0.480 e. The minimum absolute atomic E-state index is 0.0569. The monoisotopic (exact) mass is 195 g/mol. The molecule has 14 heavy (non-hydrogen) atoms. The van der Waals surface area contributed by atoms with E-state index in [4.69, 9.17) is 5.11 Å². The van der Waals surface area contributed by atoms with Crippen molar-refractivity contribution in [1.82, 2.24) is 4.57 Å². The molecule has 1 rings (SSSR count). The summed E-state index contributed by atoms with van der Waals surface area (Å²) in [5, 5.41) is 9.00. The Morgan fingerprint density at radius 3 is 2.64 bits per heavy atom. The van der Waals surface area contributed by atoms with Gasteiger partial charge in [0.15, 0.2) is 6.29 Å². The number of carbonyl (C=O) groups excluding carboxylic acids is 1. The molecule has 0 saturated carbocycles. The fourth-order valence-electron chi connectivity index (χ4n) is 1.49. The third-order valence-corrected chi connectivity index (χ3v) is 2.12. The van der Waals surface area contributed by atoms with Crippen molar-refractivity contribution in [2.45, 2.75) is 19.9 Å². The van der Waals surface area contributed by atoms with Crippen LogP contribution in [-0.2, 0) is 4.79 Å². The van der Waals surface area contributed by atoms with Gasteiger partial charge in [0, 0.05) is 6.20 Å². The SMILES string of the molecule is CC(C)C(C(=O)O)n1cccc1C=O. The van der Waals surface area contributed by atoms with Crippen molar-refractivity contribution in [3.63, 3.8) is 0 Å². The summed E-state index contributed by atoms with van der Waals surface area (Å²) in [6, 6.07) is 2.60. The second-order valence-electron chi connectivity index (χ2n) is 3.49. The number of aromatic nitrogens is 1. The van der Waals surface area contributed by atoms with E-state index in [0.717, 1.165) is 0 Å². The zero-order chi connectivity index (χ0) is 10.7. The summed E-state index contributed by atoms with van der Waals surface area (Å²) >= 11 is 0. The van der Waals surface area contributed by atoms with Gasteiger partial charge in [0.1, 0.15) is 6.04 Å². The Morgan fingerprint density at radius 1 is 1.57 bits per heavy atom. The molecule has 0 aliphatic carbocycles. The molecule has 1 unspecified atom stereocenters. The molecule has 4 nitrogen and oxygen atoms in total. The molecule has 0 radical (unpaired) electrons. The zero-order valence-electron chi connectivity index (χ0n) is 8.18. The molecule has 1 atom stereocenters. The Morgan fingerprint density at radius 2 is 2.21 bits per heavy atom. The van der Waals surface area contributed by atoms with Gasteiger partial charge in [0.25, 0.3) is 0 Å². The molecule has 1 N–H and O–H groups in total. The number of aldehydes is 1. The Kier molecular flexibility index (Phi) is 3.06. The van der Waals surface area contributed by atoms with Crippen LogP contribution in [0.1, 0.15) is 30.4 Å². The van der Waals surface area contributed by atoms with Crippen molar-refractivity contribution in [2.75, 3.05) is 0 Å². The predicted octanol–water partition coefficient (Wildman–Crippen LogP) is 1.58. The molecular weight excluding hydrogens is 182 g/mol. The van der Waals surface area contributed by atoms with Crippen LogP contribution >= 0.6 is 0 Å². The first-order valence-corrected chi connectivity index (χ1v) is 4.42.